The Labute approximate surface area is 143 Å². The van der Waals surface area contributed by atoms with E-state index in [1.54, 1.807) is 18.3 Å². The SMILES string of the molecule is COC(=O)C(CNC(=O)c1cccc2cc[nH]c12)c1ccc(F)cc1. The molecule has 6 heteroatoms. The molecule has 3 rings (SSSR count). The summed E-state index contributed by atoms with van der Waals surface area (Å²) < 4.78 is 17.9. The van der Waals surface area contributed by atoms with Crippen LogP contribution < -0.4 is 5.32 Å². The third kappa shape index (κ3) is 3.52. The molecule has 0 spiro atoms. The summed E-state index contributed by atoms with van der Waals surface area (Å²) in [5.74, 6) is -1.90. The van der Waals surface area contributed by atoms with Crippen molar-refractivity contribution < 1.29 is 18.7 Å². The molecular formula is C19H17FN2O3. The number of amides is 1. The van der Waals surface area contributed by atoms with E-state index < -0.39 is 17.7 Å². The van der Waals surface area contributed by atoms with E-state index in [-0.39, 0.29) is 12.5 Å². The first-order valence-corrected chi connectivity index (χ1v) is 7.77. The molecule has 0 saturated carbocycles. The molecule has 2 N–H and O–H groups in total. The van der Waals surface area contributed by atoms with E-state index in [4.69, 9.17) is 4.74 Å². The van der Waals surface area contributed by atoms with Crippen molar-refractivity contribution in [3.63, 3.8) is 0 Å². The van der Waals surface area contributed by atoms with Gasteiger partial charge in [-0.2, -0.15) is 0 Å². The highest BCUT2D eigenvalue weighted by Crippen LogP contribution is 2.19. The monoisotopic (exact) mass is 340 g/mol. The zero-order chi connectivity index (χ0) is 17.8. The quantitative estimate of drug-likeness (QED) is 0.702. The lowest BCUT2D eigenvalue weighted by Crippen LogP contribution is -2.32. The van der Waals surface area contributed by atoms with Gasteiger partial charge in [0.1, 0.15) is 5.82 Å². The number of hydrogen-bond acceptors (Lipinski definition) is 3. The third-order valence-corrected chi connectivity index (χ3v) is 4.06. The molecule has 1 unspecified atom stereocenters. The average molecular weight is 340 g/mol. The summed E-state index contributed by atoms with van der Waals surface area (Å²) in [4.78, 5) is 27.6. The summed E-state index contributed by atoms with van der Waals surface area (Å²) in [5.41, 5.74) is 1.80. The van der Waals surface area contributed by atoms with Gasteiger partial charge in [0.2, 0.25) is 0 Å². The fourth-order valence-electron chi connectivity index (χ4n) is 2.74. The molecule has 0 radical (unpaired) electrons. The summed E-state index contributed by atoms with van der Waals surface area (Å²) in [5, 5.41) is 3.68. The van der Waals surface area contributed by atoms with Gasteiger partial charge in [0, 0.05) is 18.1 Å². The van der Waals surface area contributed by atoms with Gasteiger partial charge in [0.05, 0.1) is 24.1 Å². The van der Waals surface area contributed by atoms with Crippen LogP contribution in [0.3, 0.4) is 0 Å². The van der Waals surface area contributed by atoms with Crippen molar-refractivity contribution in [2.24, 2.45) is 0 Å². The van der Waals surface area contributed by atoms with Gasteiger partial charge in [-0.3, -0.25) is 9.59 Å². The molecule has 2 aromatic carbocycles. The van der Waals surface area contributed by atoms with E-state index in [2.05, 4.69) is 10.3 Å². The minimum atomic E-state index is -0.711. The summed E-state index contributed by atoms with van der Waals surface area (Å²) in [6.07, 6.45) is 1.76. The van der Waals surface area contributed by atoms with Crippen LogP contribution in [-0.2, 0) is 9.53 Å². The van der Waals surface area contributed by atoms with E-state index in [1.165, 1.54) is 31.4 Å². The number of rotatable bonds is 5. The molecule has 0 bridgehead atoms. The number of hydrogen-bond donors (Lipinski definition) is 2. The van der Waals surface area contributed by atoms with Crippen LogP contribution in [0.4, 0.5) is 4.39 Å². The lowest BCUT2D eigenvalue weighted by molar-refractivity contribution is -0.142. The fraction of sp³-hybridized carbons (Fsp3) is 0.158. The van der Waals surface area contributed by atoms with Gasteiger partial charge >= 0.3 is 5.97 Å². The highest BCUT2D eigenvalue weighted by atomic mass is 19.1. The number of ether oxygens (including phenoxy) is 1. The van der Waals surface area contributed by atoms with Crippen molar-refractivity contribution in [1.29, 1.82) is 0 Å². The molecule has 0 fully saturated rings. The molecule has 1 atom stereocenters. The van der Waals surface area contributed by atoms with Crippen molar-refractivity contribution in [3.05, 3.63) is 71.7 Å². The molecule has 3 aromatic rings. The first-order chi connectivity index (χ1) is 12.1. The summed E-state index contributed by atoms with van der Waals surface area (Å²) in [7, 11) is 1.28. The number of carbonyl (C=O) groups excluding carboxylic acids is 2. The van der Waals surface area contributed by atoms with E-state index in [1.807, 2.05) is 12.1 Å². The van der Waals surface area contributed by atoms with Crippen LogP contribution in [0.5, 0.6) is 0 Å². The zero-order valence-corrected chi connectivity index (χ0v) is 13.6. The van der Waals surface area contributed by atoms with Crippen LogP contribution in [0.25, 0.3) is 10.9 Å². The van der Waals surface area contributed by atoms with Crippen LogP contribution in [0.1, 0.15) is 21.8 Å². The predicted octanol–water partition coefficient (Wildman–Crippen LogP) is 2.99. The Kier molecular flexibility index (Phi) is 4.79. The maximum Gasteiger partial charge on any atom is 0.314 e. The van der Waals surface area contributed by atoms with Gasteiger partial charge in [0.25, 0.3) is 5.91 Å². The molecule has 0 aliphatic carbocycles. The largest absolute Gasteiger partial charge is 0.468 e. The van der Waals surface area contributed by atoms with E-state index >= 15 is 0 Å². The Hall–Kier alpha value is -3.15. The van der Waals surface area contributed by atoms with Crippen LogP contribution in [0.15, 0.2) is 54.7 Å². The van der Waals surface area contributed by atoms with Gasteiger partial charge in [-0.15, -0.1) is 0 Å². The van der Waals surface area contributed by atoms with Crippen molar-refractivity contribution >= 4 is 22.8 Å². The molecule has 1 heterocycles. The minimum absolute atomic E-state index is 0.0498. The Morgan fingerprint density at radius 3 is 2.64 bits per heavy atom. The standard InChI is InChI=1S/C19H17FN2O3/c1-25-19(24)16(12-5-7-14(20)8-6-12)11-22-18(23)15-4-2-3-13-9-10-21-17(13)15/h2-10,16,21H,11H2,1H3,(H,22,23). The van der Waals surface area contributed by atoms with Crippen molar-refractivity contribution in [2.45, 2.75) is 5.92 Å². The lowest BCUT2D eigenvalue weighted by Gasteiger charge is -2.16. The van der Waals surface area contributed by atoms with Crippen molar-refractivity contribution in [3.8, 4) is 0 Å². The van der Waals surface area contributed by atoms with E-state index in [0.717, 1.165) is 10.9 Å². The molecule has 0 aliphatic heterocycles. The van der Waals surface area contributed by atoms with Crippen LogP contribution >= 0.6 is 0 Å². The summed E-state index contributed by atoms with van der Waals surface area (Å²) in [6.45, 7) is 0.0498. The number of para-hydroxylation sites is 1. The molecule has 0 saturated heterocycles. The maximum absolute atomic E-state index is 13.1. The van der Waals surface area contributed by atoms with Gasteiger partial charge in [0.15, 0.2) is 0 Å². The summed E-state index contributed by atoms with van der Waals surface area (Å²) in [6, 6.07) is 12.8. The van der Waals surface area contributed by atoms with Crippen molar-refractivity contribution in [1.82, 2.24) is 10.3 Å². The third-order valence-electron chi connectivity index (χ3n) is 4.06. The molecule has 128 valence electrons. The molecule has 5 nitrogen and oxygen atoms in total. The van der Waals surface area contributed by atoms with Gasteiger partial charge in [-0.05, 0) is 29.8 Å². The second kappa shape index (κ2) is 7.17. The number of halogens is 1. The smallest absolute Gasteiger partial charge is 0.314 e. The number of aromatic nitrogens is 1. The second-order valence-corrected chi connectivity index (χ2v) is 5.58. The number of nitrogens with one attached hydrogen (secondary N) is 2. The number of methoxy groups -OCH3 is 1. The molecule has 25 heavy (non-hydrogen) atoms. The fourth-order valence-corrected chi connectivity index (χ4v) is 2.74. The Morgan fingerprint density at radius 1 is 1.16 bits per heavy atom. The molecule has 1 amide bonds. The number of benzene rings is 2. The molecule has 0 aliphatic rings. The first-order valence-electron chi connectivity index (χ1n) is 7.77. The van der Waals surface area contributed by atoms with Crippen LogP contribution in [0, 0.1) is 5.82 Å². The number of H-pyrrole nitrogens is 1. The topological polar surface area (TPSA) is 71.2 Å². The minimum Gasteiger partial charge on any atom is -0.468 e. The highest BCUT2D eigenvalue weighted by Gasteiger charge is 2.23. The summed E-state index contributed by atoms with van der Waals surface area (Å²) >= 11 is 0. The average Bonchev–Trinajstić information content (AvgIpc) is 3.11. The number of esters is 1. The normalized spacial score (nSPS) is 11.9. The number of aromatic amines is 1. The molecular weight excluding hydrogens is 323 g/mol. The molecule has 1 aromatic heterocycles. The van der Waals surface area contributed by atoms with E-state index in [9.17, 15) is 14.0 Å². The first kappa shape index (κ1) is 16.7. The Morgan fingerprint density at radius 2 is 1.92 bits per heavy atom. The maximum atomic E-state index is 13.1. The predicted molar refractivity (Wildman–Crippen MR) is 91.8 cm³/mol. The van der Waals surface area contributed by atoms with Gasteiger partial charge in [-0.1, -0.05) is 24.3 Å². The Balaban J connectivity index is 1.79. The van der Waals surface area contributed by atoms with Crippen LogP contribution in [0.2, 0.25) is 0 Å². The van der Waals surface area contributed by atoms with Gasteiger partial charge < -0.3 is 15.0 Å². The number of fused-ring (bicyclic) bond motifs is 1. The van der Waals surface area contributed by atoms with E-state index in [0.29, 0.717) is 11.1 Å². The second-order valence-electron chi connectivity index (χ2n) is 5.58. The lowest BCUT2D eigenvalue weighted by atomic mass is 9.99. The highest BCUT2D eigenvalue weighted by molar-refractivity contribution is 6.05. The van der Waals surface area contributed by atoms with Crippen molar-refractivity contribution in [2.75, 3.05) is 13.7 Å². The Bertz CT molecular complexity index is 902. The number of carbonyl (C=O) groups is 2. The van der Waals surface area contributed by atoms with Crippen LogP contribution in [-0.4, -0.2) is 30.5 Å². The van der Waals surface area contributed by atoms with Gasteiger partial charge in [-0.25, -0.2) is 4.39 Å². The zero-order valence-electron chi connectivity index (χ0n) is 13.6.